The summed E-state index contributed by atoms with van der Waals surface area (Å²) < 4.78 is 12.3. The molecule has 4 aliphatic carbocycles. The van der Waals surface area contributed by atoms with E-state index >= 15 is 0 Å². The van der Waals surface area contributed by atoms with Crippen LogP contribution < -0.4 is 16.8 Å². The van der Waals surface area contributed by atoms with Gasteiger partial charge in [0.15, 0.2) is 6.10 Å². The van der Waals surface area contributed by atoms with Gasteiger partial charge < -0.3 is 26.0 Å². The summed E-state index contributed by atoms with van der Waals surface area (Å²) in [6, 6.07) is 0. The molecule has 11 atom stereocenters. The third kappa shape index (κ3) is 9.26. The van der Waals surface area contributed by atoms with Gasteiger partial charge in [-0.25, -0.2) is 0 Å². The van der Waals surface area contributed by atoms with E-state index in [1.165, 1.54) is 96.3 Å². The number of hydrogen-bond acceptors (Lipinski definition) is 5. The first-order valence-corrected chi connectivity index (χ1v) is 19.9. The Balaban J connectivity index is 1.46. The van der Waals surface area contributed by atoms with Crippen molar-refractivity contribution in [3.8, 4) is 0 Å². The summed E-state index contributed by atoms with van der Waals surface area (Å²) in [5.74, 6) is 4.20. The second-order valence-electron chi connectivity index (χ2n) is 16.6. The van der Waals surface area contributed by atoms with Crippen LogP contribution in [0, 0.1) is 46.3 Å². The standard InChI is InChI=1S/C39H75N3O3/c1-5-6-7-8-9-12-23-42-37(43)19-16-29(2)33-17-18-34-32-27-31(44-24-13-21-40)26-30-15-10-11-20-38(30,3)35(32)28-36(39(33,34)4)45-25-14-22-41/h29-37,42-43H,5-28,40-41H2,1-4H3/p+1/t29-,30?,31?,32?,33?,34+,35+,36+,37?,38?,39?/m1/s1. The average molecular weight is 635 g/mol. The van der Waals surface area contributed by atoms with E-state index in [0.717, 1.165) is 69.7 Å². The summed E-state index contributed by atoms with van der Waals surface area (Å²) in [5, 5.41) is 14.3. The molecule has 0 aromatic rings. The van der Waals surface area contributed by atoms with Crippen LogP contribution in [0.1, 0.15) is 150 Å². The van der Waals surface area contributed by atoms with E-state index in [1.54, 1.807) is 0 Å². The predicted molar refractivity (Wildman–Crippen MR) is 189 cm³/mol. The highest BCUT2D eigenvalue weighted by molar-refractivity contribution is 5.12. The Bertz CT molecular complexity index is 829. The number of aliphatic hydroxyl groups excluding tert-OH is 1. The van der Waals surface area contributed by atoms with E-state index in [2.05, 4.69) is 33.0 Å². The van der Waals surface area contributed by atoms with Crippen molar-refractivity contribution in [1.82, 2.24) is 5.32 Å². The van der Waals surface area contributed by atoms with Crippen LogP contribution in [-0.2, 0) is 4.74 Å². The maximum atomic E-state index is 10.8. The Kier molecular flexibility index (Phi) is 15.5. The molecular formula is C39H76N3O3+. The molecule has 0 aliphatic heterocycles. The lowest BCUT2D eigenvalue weighted by atomic mass is 9.48. The van der Waals surface area contributed by atoms with Gasteiger partial charge in [0.25, 0.3) is 0 Å². The summed E-state index contributed by atoms with van der Waals surface area (Å²) in [6.07, 6.45) is 24.0. The Morgan fingerprint density at radius 2 is 1.67 bits per heavy atom. The molecule has 6 nitrogen and oxygen atoms in total. The highest BCUT2D eigenvalue weighted by Crippen LogP contribution is 2.68. The lowest BCUT2D eigenvalue weighted by molar-refractivity contribution is -0.172. The number of hydrogen-bond donors (Lipinski definition) is 4. The summed E-state index contributed by atoms with van der Waals surface area (Å²) in [5.41, 5.74) is 12.5. The molecule has 264 valence electrons. The van der Waals surface area contributed by atoms with E-state index in [4.69, 9.17) is 20.9 Å². The van der Waals surface area contributed by atoms with Gasteiger partial charge in [0.2, 0.25) is 0 Å². The quantitative estimate of drug-likeness (QED) is 0.0638. The number of rotatable bonds is 20. The van der Waals surface area contributed by atoms with Crippen molar-refractivity contribution in [2.75, 3.05) is 32.8 Å². The molecule has 0 bridgehead atoms. The van der Waals surface area contributed by atoms with E-state index in [0.29, 0.717) is 41.9 Å². The molecule has 0 radical (unpaired) electrons. The third-order valence-corrected chi connectivity index (χ3v) is 13.9. The van der Waals surface area contributed by atoms with Crippen LogP contribution >= 0.6 is 0 Å². The minimum atomic E-state index is -0.388. The number of unbranched alkanes of at least 4 members (excludes halogenated alkanes) is 5. The highest BCUT2D eigenvalue weighted by Gasteiger charge is 2.64. The SMILES string of the molecule is CCCCCCCCNC(O)CC[C@@H](C)C1CC[C@H]2C3CC([OH+]CCCN)CC4CCCCC4(C)[C@H]3C[C@H](OCCCN)C12C. The minimum Gasteiger partial charge on any atom is -0.431 e. The second-order valence-corrected chi connectivity index (χ2v) is 16.6. The van der Waals surface area contributed by atoms with E-state index in [9.17, 15) is 5.11 Å². The zero-order chi connectivity index (χ0) is 32.3. The van der Waals surface area contributed by atoms with Crippen molar-refractivity contribution < 1.29 is 14.6 Å². The summed E-state index contributed by atoms with van der Waals surface area (Å²) in [7, 11) is 0. The number of ether oxygens (including phenoxy) is 2. The molecule has 0 spiro atoms. The highest BCUT2D eigenvalue weighted by atomic mass is 16.5. The Hall–Kier alpha value is -0.240. The number of nitrogens with two attached hydrogens (primary N) is 2. The molecule has 0 aromatic heterocycles. The van der Waals surface area contributed by atoms with Crippen molar-refractivity contribution in [2.24, 2.45) is 57.8 Å². The maximum absolute atomic E-state index is 10.8. The molecule has 4 saturated carbocycles. The van der Waals surface area contributed by atoms with Gasteiger partial charge >= 0.3 is 0 Å². The molecule has 7 unspecified atom stereocenters. The maximum Gasteiger partial charge on any atom is 0.155 e. The summed E-state index contributed by atoms with van der Waals surface area (Å²) in [4.78, 5) is 0. The van der Waals surface area contributed by atoms with Crippen molar-refractivity contribution in [1.29, 1.82) is 0 Å². The molecule has 7 N–H and O–H groups in total. The zero-order valence-corrected chi connectivity index (χ0v) is 30.1. The molecule has 4 aliphatic rings. The number of fused-ring (bicyclic) bond motifs is 5. The molecule has 0 heterocycles. The van der Waals surface area contributed by atoms with Gasteiger partial charge in [0, 0.05) is 25.9 Å². The summed E-state index contributed by atoms with van der Waals surface area (Å²) in [6.45, 7) is 14.2. The molecule has 6 heteroatoms. The van der Waals surface area contributed by atoms with E-state index < -0.39 is 0 Å². The van der Waals surface area contributed by atoms with Gasteiger partial charge in [-0.15, -0.1) is 0 Å². The van der Waals surface area contributed by atoms with Gasteiger partial charge in [-0.05, 0) is 124 Å². The topological polar surface area (TPSA) is 106 Å². The fraction of sp³-hybridized carbons (Fsp3) is 1.00. The first kappa shape index (κ1) is 37.6. The van der Waals surface area contributed by atoms with E-state index in [-0.39, 0.29) is 11.6 Å². The van der Waals surface area contributed by atoms with Crippen molar-refractivity contribution >= 4 is 0 Å². The fourth-order valence-corrected chi connectivity index (χ4v) is 11.3. The van der Waals surface area contributed by atoms with Gasteiger partial charge in [-0.1, -0.05) is 72.6 Å². The first-order valence-electron chi connectivity index (χ1n) is 19.9. The molecule has 45 heavy (non-hydrogen) atoms. The fourth-order valence-electron chi connectivity index (χ4n) is 11.3. The predicted octanol–water partition coefficient (Wildman–Crippen LogP) is 7.31. The number of nitrogens with one attached hydrogen (secondary N) is 1. The van der Waals surface area contributed by atoms with Crippen LogP contribution in [0.25, 0.3) is 0 Å². The largest absolute Gasteiger partial charge is 0.431 e. The minimum absolute atomic E-state index is 0.179. The van der Waals surface area contributed by atoms with Crippen LogP contribution in [0.5, 0.6) is 0 Å². The number of aliphatic hydroxyl groups is 3. The Morgan fingerprint density at radius 3 is 2.44 bits per heavy atom. The van der Waals surface area contributed by atoms with Gasteiger partial charge in [-0.2, -0.15) is 0 Å². The van der Waals surface area contributed by atoms with Crippen LogP contribution in [0.3, 0.4) is 0 Å². The smallest absolute Gasteiger partial charge is 0.155 e. The molecule has 0 aromatic carbocycles. The van der Waals surface area contributed by atoms with Crippen molar-refractivity contribution in [3.63, 3.8) is 0 Å². The van der Waals surface area contributed by atoms with E-state index in [1.807, 2.05) is 0 Å². The first-order chi connectivity index (χ1) is 21.8. The van der Waals surface area contributed by atoms with Crippen LogP contribution in [0.15, 0.2) is 0 Å². The van der Waals surface area contributed by atoms with Crippen LogP contribution in [-0.4, -0.2) is 61.1 Å². The van der Waals surface area contributed by atoms with Gasteiger partial charge in [0.1, 0.15) is 12.8 Å². The molecular weight excluding hydrogens is 558 g/mol. The monoisotopic (exact) mass is 635 g/mol. The van der Waals surface area contributed by atoms with Gasteiger partial charge in [0.05, 0.1) is 6.10 Å². The van der Waals surface area contributed by atoms with Crippen molar-refractivity contribution in [2.45, 2.75) is 168 Å². The lowest BCUT2D eigenvalue weighted by Crippen LogP contribution is -2.56. The van der Waals surface area contributed by atoms with Crippen LogP contribution in [0.4, 0.5) is 0 Å². The van der Waals surface area contributed by atoms with Crippen LogP contribution in [0.2, 0.25) is 0 Å². The zero-order valence-electron chi connectivity index (χ0n) is 30.1. The van der Waals surface area contributed by atoms with Gasteiger partial charge in [-0.3, -0.25) is 5.32 Å². The lowest BCUT2D eigenvalue weighted by Gasteiger charge is -2.59. The second kappa shape index (κ2) is 18.5. The third-order valence-electron chi connectivity index (χ3n) is 13.9. The Labute approximate surface area is 278 Å². The summed E-state index contributed by atoms with van der Waals surface area (Å²) >= 11 is 0. The average Bonchev–Trinajstić information content (AvgIpc) is 3.33. The Morgan fingerprint density at radius 1 is 0.889 bits per heavy atom. The molecule has 0 amide bonds. The molecule has 4 rings (SSSR count). The molecule has 0 saturated heterocycles. The van der Waals surface area contributed by atoms with Crippen molar-refractivity contribution in [3.05, 3.63) is 0 Å². The molecule has 4 fully saturated rings. The normalized spacial score (nSPS) is 37.8.